The molecule has 0 bridgehead atoms. The predicted octanol–water partition coefficient (Wildman–Crippen LogP) is 4.67. The van der Waals surface area contributed by atoms with E-state index in [4.69, 9.17) is 9.72 Å². The van der Waals surface area contributed by atoms with Gasteiger partial charge in [0, 0.05) is 11.4 Å². The molecule has 6 nitrogen and oxygen atoms in total. The van der Waals surface area contributed by atoms with Crippen LogP contribution < -0.4 is 4.90 Å². The molecule has 7 heteroatoms. The number of hydrogen-bond donors (Lipinski definition) is 0. The SMILES string of the molecule is CCCCN1C(=O)C(C(=O)OCC)C(c2ccc(SC)cc2)n2c1nc1ccccc12. The number of rotatable bonds is 7. The zero-order chi connectivity index (χ0) is 22.0. The predicted molar refractivity (Wildman–Crippen MR) is 123 cm³/mol. The molecule has 3 aromatic rings. The summed E-state index contributed by atoms with van der Waals surface area (Å²) in [6, 6.07) is 15.3. The van der Waals surface area contributed by atoms with Crippen LogP contribution in [0.5, 0.6) is 0 Å². The van der Waals surface area contributed by atoms with Crippen molar-refractivity contribution in [2.75, 3.05) is 24.3 Å². The van der Waals surface area contributed by atoms with Crippen LogP contribution >= 0.6 is 11.8 Å². The van der Waals surface area contributed by atoms with E-state index in [1.807, 2.05) is 59.4 Å². The maximum atomic E-state index is 13.7. The number of unbranched alkanes of at least 4 members (excludes halogenated alkanes) is 1. The van der Waals surface area contributed by atoms with E-state index in [1.165, 1.54) is 0 Å². The third-order valence-corrected chi connectivity index (χ3v) is 6.42. The Kier molecular flexibility index (Phi) is 6.32. The average molecular weight is 438 g/mol. The maximum absolute atomic E-state index is 13.7. The average Bonchev–Trinajstić information content (AvgIpc) is 3.17. The molecule has 2 aromatic carbocycles. The van der Waals surface area contributed by atoms with Crippen LogP contribution in [0.2, 0.25) is 0 Å². The lowest BCUT2D eigenvalue weighted by molar-refractivity contribution is -0.153. The summed E-state index contributed by atoms with van der Waals surface area (Å²) in [4.78, 5) is 34.3. The van der Waals surface area contributed by atoms with Crippen LogP contribution in [0.25, 0.3) is 11.0 Å². The summed E-state index contributed by atoms with van der Waals surface area (Å²) in [6.07, 6.45) is 3.79. The zero-order valence-corrected chi connectivity index (χ0v) is 18.9. The molecule has 0 radical (unpaired) electrons. The molecule has 0 saturated heterocycles. The van der Waals surface area contributed by atoms with Gasteiger partial charge in [-0.2, -0.15) is 0 Å². The van der Waals surface area contributed by atoms with Crippen molar-refractivity contribution in [2.24, 2.45) is 5.92 Å². The van der Waals surface area contributed by atoms with Gasteiger partial charge in [-0.3, -0.25) is 14.5 Å². The van der Waals surface area contributed by atoms with Gasteiger partial charge in [0.25, 0.3) is 0 Å². The van der Waals surface area contributed by atoms with Crippen molar-refractivity contribution in [1.82, 2.24) is 9.55 Å². The lowest BCUT2D eigenvalue weighted by atomic mass is 9.89. The first-order chi connectivity index (χ1) is 15.1. The van der Waals surface area contributed by atoms with Gasteiger partial charge in [0.15, 0.2) is 5.92 Å². The summed E-state index contributed by atoms with van der Waals surface area (Å²) >= 11 is 1.65. The number of nitrogens with zero attached hydrogens (tertiary/aromatic N) is 3. The molecule has 0 saturated carbocycles. The lowest BCUT2D eigenvalue weighted by Crippen LogP contribution is -2.50. The number of carbonyl (C=O) groups excluding carboxylic acids is 2. The van der Waals surface area contributed by atoms with Crippen molar-refractivity contribution < 1.29 is 14.3 Å². The smallest absolute Gasteiger partial charge is 0.321 e. The number of para-hydroxylation sites is 2. The number of esters is 1. The van der Waals surface area contributed by atoms with Crippen molar-refractivity contribution in [3.8, 4) is 0 Å². The van der Waals surface area contributed by atoms with E-state index in [2.05, 4.69) is 6.92 Å². The second-order valence-corrected chi connectivity index (χ2v) is 8.44. The molecule has 0 spiro atoms. The maximum Gasteiger partial charge on any atom is 0.321 e. The summed E-state index contributed by atoms with van der Waals surface area (Å²) in [6.45, 7) is 4.59. The number of carbonyl (C=O) groups is 2. The van der Waals surface area contributed by atoms with Gasteiger partial charge in [-0.25, -0.2) is 4.98 Å². The van der Waals surface area contributed by atoms with Crippen LogP contribution in [-0.2, 0) is 14.3 Å². The monoisotopic (exact) mass is 437 g/mol. The summed E-state index contributed by atoms with van der Waals surface area (Å²) in [7, 11) is 0. The van der Waals surface area contributed by atoms with Crippen LogP contribution in [-0.4, -0.2) is 40.8 Å². The minimum Gasteiger partial charge on any atom is -0.465 e. The van der Waals surface area contributed by atoms with E-state index < -0.39 is 17.9 Å². The highest BCUT2D eigenvalue weighted by Gasteiger charge is 2.47. The van der Waals surface area contributed by atoms with E-state index in [0.717, 1.165) is 34.3 Å². The Morgan fingerprint density at radius 1 is 1.13 bits per heavy atom. The molecule has 1 aromatic heterocycles. The molecule has 1 aliphatic heterocycles. The summed E-state index contributed by atoms with van der Waals surface area (Å²) in [5.74, 6) is -1.09. The summed E-state index contributed by atoms with van der Waals surface area (Å²) in [5, 5.41) is 0. The number of fused-ring (bicyclic) bond motifs is 3. The van der Waals surface area contributed by atoms with Gasteiger partial charge in [-0.15, -0.1) is 11.8 Å². The van der Waals surface area contributed by atoms with Crippen LogP contribution in [0.3, 0.4) is 0 Å². The minimum atomic E-state index is -0.956. The third-order valence-electron chi connectivity index (χ3n) is 5.68. The molecule has 1 aliphatic rings. The van der Waals surface area contributed by atoms with Gasteiger partial charge in [-0.05, 0) is 49.4 Å². The van der Waals surface area contributed by atoms with Crippen LogP contribution in [0.1, 0.15) is 38.3 Å². The number of ether oxygens (including phenoxy) is 1. The molecule has 0 fully saturated rings. The molecule has 1 amide bonds. The van der Waals surface area contributed by atoms with E-state index in [9.17, 15) is 9.59 Å². The van der Waals surface area contributed by atoms with Crippen LogP contribution in [0.4, 0.5) is 5.95 Å². The molecule has 2 unspecified atom stereocenters. The lowest BCUT2D eigenvalue weighted by Gasteiger charge is -2.38. The quantitative estimate of drug-likeness (QED) is 0.305. The van der Waals surface area contributed by atoms with Gasteiger partial charge in [0.2, 0.25) is 11.9 Å². The van der Waals surface area contributed by atoms with Gasteiger partial charge in [0.1, 0.15) is 0 Å². The van der Waals surface area contributed by atoms with Crippen molar-refractivity contribution in [3.05, 3.63) is 54.1 Å². The number of aromatic nitrogens is 2. The highest BCUT2D eigenvalue weighted by molar-refractivity contribution is 7.98. The topological polar surface area (TPSA) is 64.4 Å². The second-order valence-electron chi connectivity index (χ2n) is 7.56. The Bertz CT molecular complexity index is 1090. The zero-order valence-electron chi connectivity index (χ0n) is 18.1. The van der Waals surface area contributed by atoms with Gasteiger partial charge in [0.05, 0.1) is 23.7 Å². The first-order valence-electron chi connectivity index (χ1n) is 10.7. The minimum absolute atomic E-state index is 0.229. The first kappa shape index (κ1) is 21.4. The summed E-state index contributed by atoms with van der Waals surface area (Å²) < 4.78 is 7.42. The highest BCUT2D eigenvalue weighted by atomic mass is 32.2. The fourth-order valence-electron chi connectivity index (χ4n) is 4.18. The number of thioether (sulfide) groups is 1. The molecule has 31 heavy (non-hydrogen) atoms. The number of benzene rings is 2. The fourth-order valence-corrected chi connectivity index (χ4v) is 4.59. The molecule has 4 rings (SSSR count). The molecule has 162 valence electrons. The Balaban J connectivity index is 1.95. The largest absolute Gasteiger partial charge is 0.465 e. The molecule has 2 atom stereocenters. The number of amides is 1. The van der Waals surface area contributed by atoms with Gasteiger partial charge < -0.3 is 9.30 Å². The van der Waals surface area contributed by atoms with Crippen LogP contribution in [0, 0.1) is 5.92 Å². The summed E-state index contributed by atoms with van der Waals surface area (Å²) in [5.41, 5.74) is 2.60. The Morgan fingerprint density at radius 3 is 2.55 bits per heavy atom. The third kappa shape index (κ3) is 3.83. The molecule has 0 aliphatic carbocycles. The first-order valence-corrected chi connectivity index (χ1v) is 11.9. The van der Waals surface area contributed by atoms with Gasteiger partial charge in [-0.1, -0.05) is 37.6 Å². The van der Waals surface area contributed by atoms with Gasteiger partial charge >= 0.3 is 5.97 Å². The Morgan fingerprint density at radius 2 is 1.87 bits per heavy atom. The van der Waals surface area contributed by atoms with E-state index in [0.29, 0.717) is 12.5 Å². The molecular weight excluding hydrogens is 410 g/mol. The van der Waals surface area contributed by atoms with Crippen LogP contribution in [0.15, 0.2) is 53.4 Å². The molecule has 0 N–H and O–H groups in total. The number of anilines is 1. The number of hydrogen-bond acceptors (Lipinski definition) is 5. The molecular formula is C24H27N3O3S. The molecule has 2 heterocycles. The van der Waals surface area contributed by atoms with Crippen molar-refractivity contribution >= 4 is 40.6 Å². The highest BCUT2D eigenvalue weighted by Crippen LogP contribution is 2.41. The van der Waals surface area contributed by atoms with E-state index in [-0.39, 0.29) is 12.5 Å². The fraction of sp³-hybridized carbons (Fsp3) is 0.375. The second kappa shape index (κ2) is 9.14. The van der Waals surface area contributed by atoms with Crippen molar-refractivity contribution in [1.29, 1.82) is 0 Å². The standard InChI is InChI=1S/C24H27N3O3S/c1-4-6-15-26-22(28)20(23(29)30-5-2)21(16-11-13-17(31-3)14-12-16)27-19-10-8-7-9-18(19)25-24(26)27/h7-14,20-21H,4-6,15H2,1-3H3. The van der Waals surface area contributed by atoms with E-state index in [1.54, 1.807) is 23.6 Å². The Hall–Kier alpha value is -2.80. The van der Waals surface area contributed by atoms with Crippen molar-refractivity contribution in [2.45, 2.75) is 37.6 Å². The normalized spacial score (nSPS) is 18.3. The van der Waals surface area contributed by atoms with E-state index >= 15 is 0 Å². The van der Waals surface area contributed by atoms with Crippen molar-refractivity contribution in [3.63, 3.8) is 0 Å². The number of imidazole rings is 1. The Labute approximate surface area is 186 Å².